The van der Waals surface area contributed by atoms with E-state index in [9.17, 15) is 35.9 Å². The highest BCUT2D eigenvalue weighted by Gasteiger charge is 2.31. The van der Waals surface area contributed by atoms with Crippen molar-refractivity contribution in [2.75, 3.05) is 0 Å². The van der Waals surface area contributed by atoms with Crippen LogP contribution in [0.15, 0.2) is 146 Å². The van der Waals surface area contributed by atoms with Crippen molar-refractivity contribution in [2.45, 2.75) is 58.0 Å². The number of carbonyl (C=O) groups is 2. The molecule has 2 N–H and O–H groups in total. The highest BCUT2D eigenvalue weighted by atomic mass is 19.4. The molecule has 0 aliphatic heterocycles. The average Bonchev–Trinajstić information content (AvgIpc) is 3.16. The highest BCUT2D eigenvalue weighted by Crippen LogP contribution is 2.31. The van der Waals surface area contributed by atoms with Gasteiger partial charge in [0.25, 0.3) is 0 Å². The van der Waals surface area contributed by atoms with E-state index in [-0.39, 0.29) is 36.7 Å². The molecule has 286 valence electrons. The number of amides is 2. The Morgan fingerprint density at radius 1 is 0.618 bits per heavy atom. The SMILES string of the molecule is C=CC(=O)NC(C)c1cccc2ccccc12.CC(NC(=O)CCc1cccc(C(F)(F)F)c1)c1cccc2ccccc12.Cc1cccc(C(F)(F)F)c1. The van der Waals surface area contributed by atoms with Gasteiger partial charge in [-0.25, -0.2) is 0 Å². The molecule has 2 amide bonds. The lowest BCUT2D eigenvalue weighted by atomic mass is 9.99. The van der Waals surface area contributed by atoms with Gasteiger partial charge in [0, 0.05) is 6.42 Å². The first-order valence-electron chi connectivity index (χ1n) is 17.5. The largest absolute Gasteiger partial charge is 0.416 e. The third kappa shape index (κ3) is 12.3. The van der Waals surface area contributed by atoms with Crippen LogP contribution in [0.2, 0.25) is 0 Å². The van der Waals surface area contributed by atoms with Crippen molar-refractivity contribution < 1.29 is 35.9 Å². The molecule has 0 radical (unpaired) electrons. The van der Waals surface area contributed by atoms with Crippen LogP contribution in [0, 0.1) is 6.92 Å². The summed E-state index contributed by atoms with van der Waals surface area (Å²) in [4.78, 5) is 23.6. The van der Waals surface area contributed by atoms with Crippen molar-refractivity contribution >= 4 is 33.4 Å². The van der Waals surface area contributed by atoms with Gasteiger partial charge in [0.1, 0.15) is 0 Å². The number of carbonyl (C=O) groups excluding carboxylic acids is 2. The van der Waals surface area contributed by atoms with Crippen LogP contribution in [-0.4, -0.2) is 11.8 Å². The number of halogens is 6. The van der Waals surface area contributed by atoms with Crippen molar-refractivity contribution in [1.29, 1.82) is 0 Å². The number of benzene rings is 6. The molecule has 6 aromatic carbocycles. The highest BCUT2D eigenvalue weighted by molar-refractivity contribution is 5.90. The first kappa shape index (κ1) is 41.9. The first-order valence-corrected chi connectivity index (χ1v) is 17.5. The average molecular weight is 757 g/mol. The zero-order valence-electron chi connectivity index (χ0n) is 30.6. The van der Waals surface area contributed by atoms with Gasteiger partial charge in [-0.3, -0.25) is 9.59 Å². The Balaban J connectivity index is 0.000000204. The van der Waals surface area contributed by atoms with E-state index in [1.54, 1.807) is 19.1 Å². The van der Waals surface area contributed by atoms with Crippen molar-refractivity contribution in [1.82, 2.24) is 10.6 Å². The van der Waals surface area contributed by atoms with Crippen molar-refractivity contribution in [3.63, 3.8) is 0 Å². The number of nitrogens with one attached hydrogen (secondary N) is 2. The maximum Gasteiger partial charge on any atom is 0.416 e. The zero-order valence-corrected chi connectivity index (χ0v) is 30.6. The molecular formula is C45H42F6N2O2. The molecular weight excluding hydrogens is 714 g/mol. The summed E-state index contributed by atoms with van der Waals surface area (Å²) in [6.45, 7) is 8.97. The lowest BCUT2D eigenvalue weighted by Gasteiger charge is -2.17. The summed E-state index contributed by atoms with van der Waals surface area (Å²) in [7, 11) is 0. The van der Waals surface area contributed by atoms with Crippen molar-refractivity contribution in [3.8, 4) is 0 Å². The van der Waals surface area contributed by atoms with Gasteiger partial charge in [-0.1, -0.05) is 133 Å². The third-order valence-electron chi connectivity index (χ3n) is 8.74. The standard InChI is InChI=1S/C22H20F3NO.C15H15NO.C8H7F3/c1-15(19-11-5-8-17-7-2-3-10-20(17)19)26-21(27)13-12-16-6-4-9-18(14-16)22(23,24)25;1-3-15(17)16-11(2)13-10-6-8-12-7-4-5-9-14(12)13;1-6-3-2-4-7(5-6)8(9,10)11/h2-11,14-15H,12-13H2,1H3,(H,26,27);3-11H,1H2,2H3,(H,16,17);2-5H,1H3. The number of alkyl halides is 6. The number of aryl methyl sites for hydroxylation is 2. The zero-order chi connectivity index (χ0) is 40.2. The monoisotopic (exact) mass is 756 g/mol. The minimum atomic E-state index is -4.37. The molecule has 6 aromatic rings. The Morgan fingerprint density at radius 3 is 1.56 bits per heavy atom. The van der Waals surface area contributed by atoms with Gasteiger partial charge in [-0.15, -0.1) is 0 Å². The molecule has 2 atom stereocenters. The molecule has 55 heavy (non-hydrogen) atoms. The second kappa shape index (κ2) is 18.9. The summed E-state index contributed by atoms with van der Waals surface area (Å²) in [6.07, 6.45) is -6.90. The smallest absolute Gasteiger partial charge is 0.350 e. The minimum absolute atomic E-state index is 0.0217. The Hall–Kier alpha value is -5.90. The minimum Gasteiger partial charge on any atom is -0.350 e. The predicted molar refractivity (Wildman–Crippen MR) is 207 cm³/mol. The molecule has 10 heteroatoms. The van der Waals surface area contributed by atoms with Crippen LogP contribution >= 0.6 is 0 Å². The number of fused-ring (bicyclic) bond motifs is 2. The molecule has 0 spiro atoms. The van der Waals surface area contributed by atoms with E-state index < -0.39 is 23.5 Å². The fourth-order valence-corrected chi connectivity index (χ4v) is 5.98. The van der Waals surface area contributed by atoms with E-state index in [4.69, 9.17) is 0 Å². The first-order chi connectivity index (χ1) is 26.1. The summed E-state index contributed by atoms with van der Waals surface area (Å²) >= 11 is 0. The fourth-order valence-electron chi connectivity index (χ4n) is 5.98. The van der Waals surface area contributed by atoms with Crippen LogP contribution in [0.5, 0.6) is 0 Å². The summed E-state index contributed by atoms with van der Waals surface area (Å²) in [5, 5.41) is 10.4. The Bertz CT molecular complexity index is 2220. The second-order valence-electron chi connectivity index (χ2n) is 12.9. The van der Waals surface area contributed by atoms with E-state index >= 15 is 0 Å². The Morgan fingerprint density at radius 2 is 1.07 bits per heavy atom. The van der Waals surface area contributed by atoms with Crippen LogP contribution in [0.3, 0.4) is 0 Å². The molecule has 0 saturated heterocycles. The van der Waals surface area contributed by atoms with Crippen molar-refractivity contribution in [2.24, 2.45) is 0 Å². The van der Waals surface area contributed by atoms with Crippen LogP contribution in [0.4, 0.5) is 26.3 Å². The topological polar surface area (TPSA) is 58.2 Å². The number of rotatable bonds is 8. The molecule has 4 nitrogen and oxygen atoms in total. The molecule has 0 aliphatic carbocycles. The second-order valence-corrected chi connectivity index (χ2v) is 12.9. The van der Waals surface area contributed by atoms with Crippen LogP contribution in [0.1, 0.15) is 65.7 Å². The van der Waals surface area contributed by atoms with Crippen LogP contribution in [0.25, 0.3) is 21.5 Å². The summed E-state index contributed by atoms with van der Waals surface area (Å²) in [5.41, 5.74) is 1.98. The summed E-state index contributed by atoms with van der Waals surface area (Å²) in [5.74, 6) is -0.335. The number of hydrogen-bond acceptors (Lipinski definition) is 2. The molecule has 0 heterocycles. The van der Waals surface area contributed by atoms with Gasteiger partial charge in [-0.2, -0.15) is 26.3 Å². The quantitative estimate of drug-likeness (QED) is 0.120. The Labute approximate surface area is 316 Å². The van der Waals surface area contributed by atoms with Crippen LogP contribution in [-0.2, 0) is 28.4 Å². The lowest BCUT2D eigenvalue weighted by Crippen LogP contribution is -2.27. The molecule has 0 aliphatic rings. The van der Waals surface area contributed by atoms with E-state index in [1.165, 1.54) is 29.0 Å². The number of hydrogen-bond donors (Lipinski definition) is 2. The van der Waals surface area contributed by atoms with Gasteiger partial charge >= 0.3 is 12.4 Å². The fraction of sp³-hybridized carbons (Fsp3) is 0.200. The van der Waals surface area contributed by atoms with Gasteiger partial charge < -0.3 is 10.6 Å². The van der Waals surface area contributed by atoms with Gasteiger partial charge in [0.15, 0.2) is 0 Å². The molecule has 0 fully saturated rings. The van der Waals surface area contributed by atoms with Crippen LogP contribution < -0.4 is 10.6 Å². The van der Waals surface area contributed by atoms with E-state index in [2.05, 4.69) is 35.4 Å². The van der Waals surface area contributed by atoms with Gasteiger partial charge in [0.2, 0.25) is 11.8 Å². The van der Waals surface area contributed by atoms with Gasteiger partial charge in [-0.05, 0) is 83.6 Å². The molecule has 2 unspecified atom stereocenters. The van der Waals surface area contributed by atoms with Crippen molar-refractivity contribution in [3.05, 3.63) is 179 Å². The predicted octanol–water partition coefficient (Wildman–Crippen LogP) is 11.9. The van der Waals surface area contributed by atoms with E-state index in [0.29, 0.717) is 11.1 Å². The maximum atomic E-state index is 12.8. The summed E-state index contributed by atoms with van der Waals surface area (Å²) < 4.78 is 74.2. The molecule has 0 saturated carbocycles. The third-order valence-corrected chi connectivity index (χ3v) is 8.74. The summed E-state index contributed by atoms with van der Waals surface area (Å²) in [6, 6.07) is 38.3. The van der Waals surface area contributed by atoms with E-state index in [1.807, 2.05) is 80.6 Å². The molecule has 6 rings (SSSR count). The lowest BCUT2D eigenvalue weighted by molar-refractivity contribution is -0.138. The normalized spacial score (nSPS) is 12.3. The van der Waals surface area contributed by atoms with Gasteiger partial charge in [0.05, 0.1) is 23.2 Å². The maximum absolute atomic E-state index is 12.8. The molecule has 0 aromatic heterocycles. The molecule has 0 bridgehead atoms. The Kier molecular flexibility index (Phi) is 14.4. The van der Waals surface area contributed by atoms with E-state index in [0.717, 1.165) is 46.2 Å².